The van der Waals surface area contributed by atoms with E-state index in [-0.39, 0.29) is 6.04 Å². The number of aromatic nitrogens is 1. The van der Waals surface area contributed by atoms with Gasteiger partial charge in [-0.05, 0) is 31.0 Å². The number of benzene rings is 1. The first kappa shape index (κ1) is 16.8. The molecule has 5 nitrogen and oxygen atoms in total. The molecule has 0 spiro atoms. The molecular formula is C18H23N3O2. The molecule has 2 unspecified atom stereocenters. The Morgan fingerprint density at radius 1 is 1.22 bits per heavy atom. The van der Waals surface area contributed by atoms with E-state index in [9.17, 15) is 9.90 Å². The molecule has 23 heavy (non-hydrogen) atoms. The molecule has 122 valence electrons. The molecule has 5 heteroatoms. The Morgan fingerprint density at radius 2 is 1.91 bits per heavy atom. The lowest BCUT2D eigenvalue weighted by atomic mass is 9.94. The van der Waals surface area contributed by atoms with Crippen LogP contribution in [0.1, 0.15) is 12.5 Å². The summed E-state index contributed by atoms with van der Waals surface area (Å²) < 4.78 is 0. The van der Waals surface area contributed by atoms with Crippen molar-refractivity contribution >= 4 is 17.5 Å². The zero-order chi connectivity index (χ0) is 16.8. The second-order valence-corrected chi connectivity index (χ2v) is 5.87. The molecule has 0 saturated carbocycles. The fourth-order valence-corrected chi connectivity index (χ4v) is 2.34. The topological polar surface area (TPSA) is 65.5 Å². The number of carbonyl (C=O) groups is 1. The summed E-state index contributed by atoms with van der Waals surface area (Å²) in [5, 5.41) is 12.7. The average Bonchev–Trinajstić information content (AvgIpc) is 2.55. The van der Waals surface area contributed by atoms with Crippen molar-refractivity contribution < 1.29 is 9.90 Å². The van der Waals surface area contributed by atoms with E-state index in [0.29, 0.717) is 6.42 Å². The maximum atomic E-state index is 11.4. The van der Waals surface area contributed by atoms with E-state index in [1.165, 1.54) is 0 Å². The van der Waals surface area contributed by atoms with Gasteiger partial charge in [0.15, 0.2) is 0 Å². The van der Waals surface area contributed by atoms with E-state index in [4.69, 9.17) is 0 Å². The van der Waals surface area contributed by atoms with Crippen LogP contribution < -0.4 is 10.2 Å². The number of nitrogens with one attached hydrogen (secondary N) is 1. The molecule has 0 aliphatic rings. The third-order valence-corrected chi connectivity index (χ3v) is 3.85. The van der Waals surface area contributed by atoms with Crippen molar-refractivity contribution in [3.8, 4) is 0 Å². The minimum absolute atomic E-state index is 0.207. The van der Waals surface area contributed by atoms with Crippen LogP contribution in [0.25, 0.3) is 0 Å². The SMILES string of the molecule is CC(C(=O)O)C(Cc1ccccc1)Nc1ccc(N(C)C)nc1. The first-order chi connectivity index (χ1) is 11.0. The molecule has 0 aliphatic carbocycles. The highest BCUT2D eigenvalue weighted by Gasteiger charge is 2.24. The predicted octanol–water partition coefficient (Wildman–Crippen LogP) is 2.89. The van der Waals surface area contributed by atoms with Crippen molar-refractivity contribution in [1.82, 2.24) is 4.98 Å². The standard InChI is InChI=1S/C18H23N3O2/c1-13(18(22)23)16(11-14-7-5-4-6-8-14)20-15-9-10-17(19-12-15)21(2)3/h4-10,12-13,16,20H,11H2,1-3H3,(H,22,23). The van der Waals surface area contributed by atoms with Crippen LogP contribution in [-0.4, -0.2) is 36.2 Å². The van der Waals surface area contributed by atoms with Crippen LogP contribution in [0.2, 0.25) is 0 Å². The van der Waals surface area contributed by atoms with Crippen LogP contribution in [0.4, 0.5) is 11.5 Å². The minimum Gasteiger partial charge on any atom is -0.481 e. The van der Waals surface area contributed by atoms with Crippen LogP contribution in [0, 0.1) is 5.92 Å². The number of hydrogen-bond donors (Lipinski definition) is 2. The Balaban J connectivity index is 2.15. The smallest absolute Gasteiger partial charge is 0.308 e. The summed E-state index contributed by atoms with van der Waals surface area (Å²) in [7, 11) is 3.86. The van der Waals surface area contributed by atoms with Gasteiger partial charge in [-0.15, -0.1) is 0 Å². The van der Waals surface area contributed by atoms with E-state index in [2.05, 4.69) is 10.3 Å². The molecule has 2 N–H and O–H groups in total. The second-order valence-electron chi connectivity index (χ2n) is 5.87. The van der Waals surface area contributed by atoms with E-state index in [1.54, 1.807) is 13.1 Å². The molecule has 2 atom stereocenters. The highest BCUT2D eigenvalue weighted by molar-refractivity contribution is 5.71. The van der Waals surface area contributed by atoms with Gasteiger partial charge in [0, 0.05) is 20.1 Å². The lowest BCUT2D eigenvalue weighted by molar-refractivity contribution is -0.141. The molecule has 1 heterocycles. The summed E-state index contributed by atoms with van der Waals surface area (Å²) in [6.07, 6.45) is 2.38. The van der Waals surface area contributed by atoms with Gasteiger partial charge in [-0.25, -0.2) is 4.98 Å². The van der Waals surface area contributed by atoms with Crippen LogP contribution in [-0.2, 0) is 11.2 Å². The molecule has 0 amide bonds. The monoisotopic (exact) mass is 313 g/mol. The fourth-order valence-electron chi connectivity index (χ4n) is 2.34. The van der Waals surface area contributed by atoms with Crippen LogP contribution in [0.5, 0.6) is 0 Å². The predicted molar refractivity (Wildman–Crippen MR) is 92.9 cm³/mol. The molecule has 0 saturated heterocycles. The molecule has 1 aromatic carbocycles. The van der Waals surface area contributed by atoms with E-state index >= 15 is 0 Å². The first-order valence-corrected chi connectivity index (χ1v) is 7.64. The summed E-state index contributed by atoms with van der Waals surface area (Å²) in [6, 6.07) is 13.5. The van der Waals surface area contributed by atoms with Crippen molar-refractivity contribution in [3.05, 3.63) is 54.2 Å². The zero-order valence-electron chi connectivity index (χ0n) is 13.7. The average molecular weight is 313 g/mol. The lowest BCUT2D eigenvalue weighted by Crippen LogP contribution is -2.34. The first-order valence-electron chi connectivity index (χ1n) is 7.64. The second kappa shape index (κ2) is 7.63. The molecular weight excluding hydrogens is 290 g/mol. The maximum Gasteiger partial charge on any atom is 0.308 e. The summed E-state index contributed by atoms with van der Waals surface area (Å²) in [5.74, 6) is -0.457. The lowest BCUT2D eigenvalue weighted by Gasteiger charge is -2.24. The van der Waals surface area contributed by atoms with Crippen LogP contribution in [0.3, 0.4) is 0 Å². The molecule has 0 radical (unpaired) electrons. The molecule has 2 aromatic rings. The molecule has 0 aliphatic heterocycles. The van der Waals surface area contributed by atoms with E-state index < -0.39 is 11.9 Å². The molecule has 0 bridgehead atoms. The van der Waals surface area contributed by atoms with Gasteiger partial charge in [0.2, 0.25) is 0 Å². The van der Waals surface area contributed by atoms with Gasteiger partial charge < -0.3 is 15.3 Å². The molecule has 1 aromatic heterocycles. The highest BCUT2D eigenvalue weighted by Crippen LogP contribution is 2.18. The van der Waals surface area contributed by atoms with Crippen molar-refractivity contribution in [2.75, 3.05) is 24.3 Å². The Labute approximate surface area is 137 Å². The number of anilines is 2. The number of carboxylic acid groups (broad SMARTS) is 1. The van der Waals surface area contributed by atoms with Crippen molar-refractivity contribution in [2.24, 2.45) is 5.92 Å². The highest BCUT2D eigenvalue weighted by atomic mass is 16.4. The van der Waals surface area contributed by atoms with Gasteiger partial charge in [-0.2, -0.15) is 0 Å². The summed E-state index contributed by atoms with van der Waals surface area (Å²) >= 11 is 0. The third-order valence-electron chi connectivity index (χ3n) is 3.85. The zero-order valence-corrected chi connectivity index (χ0v) is 13.7. The quantitative estimate of drug-likeness (QED) is 0.823. The van der Waals surface area contributed by atoms with Crippen molar-refractivity contribution in [3.63, 3.8) is 0 Å². The van der Waals surface area contributed by atoms with Crippen molar-refractivity contribution in [1.29, 1.82) is 0 Å². The number of carboxylic acids is 1. The van der Waals surface area contributed by atoms with Gasteiger partial charge in [-0.1, -0.05) is 30.3 Å². The third kappa shape index (κ3) is 4.71. The van der Waals surface area contributed by atoms with Crippen LogP contribution >= 0.6 is 0 Å². The van der Waals surface area contributed by atoms with Gasteiger partial charge >= 0.3 is 5.97 Å². The molecule has 2 rings (SSSR count). The summed E-state index contributed by atoms with van der Waals surface area (Å²) in [5.41, 5.74) is 1.93. The van der Waals surface area contributed by atoms with Crippen molar-refractivity contribution in [2.45, 2.75) is 19.4 Å². The van der Waals surface area contributed by atoms with E-state index in [0.717, 1.165) is 17.1 Å². The van der Waals surface area contributed by atoms with E-state index in [1.807, 2.05) is 61.5 Å². The number of nitrogens with zero attached hydrogens (tertiary/aromatic N) is 2. The Bertz CT molecular complexity index is 626. The normalized spacial score (nSPS) is 13.2. The summed E-state index contributed by atoms with van der Waals surface area (Å²) in [6.45, 7) is 1.73. The molecule has 0 fully saturated rings. The van der Waals surface area contributed by atoms with Gasteiger partial charge in [-0.3, -0.25) is 4.79 Å². The fraction of sp³-hybridized carbons (Fsp3) is 0.333. The minimum atomic E-state index is -0.809. The Kier molecular flexibility index (Phi) is 5.57. The number of aliphatic carboxylic acids is 1. The number of pyridine rings is 1. The van der Waals surface area contributed by atoms with Gasteiger partial charge in [0.25, 0.3) is 0 Å². The van der Waals surface area contributed by atoms with Gasteiger partial charge in [0.1, 0.15) is 5.82 Å². The summed E-state index contributed by atoms with van der Waals surface area (Å²) in [4.78, 5) is 17.7. The van der Waals surface area contributed by atoms with Crippen LogP contribution in [0.15, 0.2) is 48.7 Å². The number of rotatable bonds is 7. The Morgan fingerprint density at radius 3 is 2.43 bits per heavy atom. The number of hydrogen-bond acceptors (Lipinski definition) is 4. The largest absolute Gasteiger partial charge is 0.481 e. The Hall–Kier alpha value is -2.56. The van der Waals surface area contributed by atoms with Gasteiger partial charge in [0.05, 0.1) is 17.8 Å². The maximum absolute atomic E-state index is 11.4.